The molecule has 0 aromatic carbocycles. The lowest BCUT2D eigenvalue weighted by Gasteiger charge is -2.29. The van der Waals surface area contributed by atoms with Crippen molar-refractivity contribution in [1.82, 2.24) is 15.5 Å². The molecule has 2 rings (SSSR count). The van der Waals surface area contributed by atoms with Gasteiger partial charge in [-0.25, -0.2) is 9.38 Å². The Kier molecular flexibility index (Phi) is 9.23. The highest BCUT2D eigenvalue weighted by Crippen LogP contribution is 2.17. The first-order chi connectivity index (χ1) is 13.8. The highest BCUT2D eigenvalue weighted by molar-refractivity contribution is 6.29. The van der Waals surface area contributed by atoms with E-state index in [1.54, 1.807) is 30.6 Å². The van der Waals surface area contributed by atoms with E-state index in [1.165, 1.54) is 6.08 Å². The van der Waals surface area contributed by atoms with Gasteiger partial charge in [-0.05, 0) is 32.8 Å². The molecule has 0 spiro atoms. The lowest BCUT2D eigenvalue weighted by molar-refractivity contribution is -0.115. The van der Waals surface area contributed by atoms with Crippen molar-refractivity contribution in [3.05, 3.63) is 47.8 Å². The summed E-state index contributed by atoms with van der Waals surface area (Å²) in [6.45, 7) is 5.06. The van der Waals surface area contributed by atoms with Crippen LogP contribution in [0.5, 0.6) is 0 Å². The number of nitrogens with zero attached hydrogens (tertiary/aromatic N) is 2. The fraction of sp³-hybridized carbons (Fsp3) is 0.524. The summed E-state index contributed by atoms with van der Waals surface area (Å²) in [5, 5.41) is 16.4. The molecule has 0 aromatic heterocycles. The molecular weight excluding hydrogens is 395 g/mol. The average molecular weight is 425 g/mol. The molecule has 0 aromatic rings. The Labute approximate surface area is 176 Å². The van der Waals surface area contributed by atoms with Gasteiger partial charge in [-0.2, -0.15) is 0 Å². The smallest absolute Gasteiger partial charge is 0.247 e. The van der Waals surface area contributed by atoms with Crippen molar-refractivity contribution in [1.29, 1.82) is 0 Å². The van der Waals surface area contributed by atoms with Crippen molar-refractivity contribution in [2.24, 2.45) is 4.99 Å². The zero-order valence-corrected chi connectivity index (χ0v) is 17.6. The highest BCUT2D eigenvalue weighted by Gasteiger charge is 2.25. The van der Waals surface area contributed by atoms with Gasteiger partial charge in [0, 0.05) is 49.6 Å². The number of likely N-dealkylation sites (tertiary alicyclic amines) is 1. The van der Waals surface area contributed by atoms with Gasteiger partial charge in [0.2, 0.25) is 5.91 Å². The van der Waals surface area contributed by atoms with E-state index in [9.17, 15) is 14.3 Å². The molecule has 1 amide bonds. The van der Waals surface area contributed by atoms with E-state index in [-0.39, 0.29) is 23.5 Å². The fourth-order valence-corrected chi connectivity index (χ4v) is 3.31. The second-order valence-electron chi connectivity index (χ2n) is 7.57. The van der Waals surface area contributed by atoms with Gasteiger partial charge in [0.15, 0.2) is 0 Å². The number of halogens is 2. The Hall–Kier alpha value is -1.80. The van der Waals surface area contributed by atoms with Gasteiger partial charge in [-0.1, -0.05) is 35.9 Å². The molecule has 1 saturated heterocycles. The SMILES string of the molecule is CC(C=N/C(Cl)=C\CC(O)N[C@]1(C)/C=C/C=C\C(=O)N/C=C/C1)N1CCC(F)C1. The molecule has 0 radical (unpaired) electrons. The monoisotopic (exact) mass is 424 g/mol. The summed E-state index contributed by atoms with van der Waals surface area (Å²) in [5.74, 6) is -0.189. The van der Waals surface area contributed by atoms with E-state index < -0.39 is 17.9 Å². The molecule has 3 unspecified atom stereocenters. The summed E-state index contributed by atoms with van der Waals surface area (Å²) in [5.41, 5.74) is -0.501. The molecule has 0 saturated carbocycles. The summed E-state index contributed by atoms with van der Waals surface area (Å²) >= 11 is 6.14. The Balaban J connectivity index is 1.87. The minimum atomic E-state index is -0.827. The van der Waals surface area contributed by atoms with E-state index in [0.717, 1.165) is 6.54 Å². The number of allylic oxidation sites excluding steroid dienone is 2. The van der Waals surface area contributed by atoms with E-state index in [0.29, 0.717) is 19.4 Å². The molecule has 2 heterocycles. The Morgan fingerprint density at radius 2 is 2.38 bits per heavy atom. The molecule has 6 nitrogen and oxygen atoms in total. The molecular formula is C21H30ClFN4O2. The maximum Gasteiger partial charge on any atom is 0.247 e. The zero-order chi connectivity index (χ0) is 21.3. The van der Waals surface area contributed by atoms with Gasteiger partial charge >= 0.3 is 0 Å². The van der Waals surface area contributed by atoms with Crippen LogP contribution >= 0.6 is 11.6 Å². The number of rotatable bonds is 7. The van der Waals surface area contributed by atoms with Crippen LogP contribution in [0.1, 0.15) is 33.1 Å². The Bertz CT molecular complexity index is 707. The van der Waals surface area contributed by atoms with Crippen molar-refractivity contribution < 1.29 is 14.3 Å². The van der Waals surface area contributed by atoms with Gasteiger partial charge in [0.1, 0.15) is 17.6 Å². The summed E-state index contributed by atoms with van der Waals surface area (Å²) in [6, 6.07) is 0.00766. The number of hydrogen-bond acceptors (Lipinski definition) is 5. The Morgan fingerprint density at radius 3 is 3.10 bits per heavy atom. The third-order valence-corrected chi connectivity index (χ3v) is 5.12. The zero-order valence-electron chi connectivity index (χ0n) is 16.9. The van der Waals surface area contributed by atoms with Crippen LogP contribution in [0.15, 0.2) is 52.8 Å². The second-order valence-corrected chi connectivity index (χ2v) is 7.96. The van der Waals surface area contributed by atoms with Gasteiger partial charge < -0.3 is 10.4 Å². The molecule has 8 heteroatoms. The first-order valence-electron chi connectivity index (χ1n) is 9.82. The topological polar surface area (TPSA) is 77.0 Å². The van der Waals surface area contributed by atoms with Crippen LogP contribution in [0, 0.1) is 0 Å². The maximum absolute atomic E-state index is 13.3. The lowest BCUT2D eigenvalue weighted by Crippen LogP contribution is -2.46. The first-order valence-corrected chi connectivity index (χ1v) is 10.2. The number of amides is 1. The number of nitrogens with one attached hydrogen (secondary N) is 2. The molecule has 0 bridgehead atoms. The average Bonchev–Trinajstić information content (AvgIpc) is 3.11. The summed E-state index contributed by atoms with van der Waals surface area (Å²) in [6.07, 6.45) is 13.3. The van der Waals surface area contributed by atoms with Crippen LogP contribution in [-0.4, -0.2) is 59.2 Å². The van der Waals surface area contributed by atoms with E-state index in [2.05, 4.69) is 15.6 Å². The normalized spacial score (nSPS) is 32.0. The van der Waals surface area contributed by atoms with Gasteiger partial charge in [0.05, 0.1) is 0 Å². The van der Waals surface area contributed by atoms with E-state index in [1.807, 2.05) is 30.9 Å². The van der Waals surface area contributed by atoms with Crippen molar-refractivity contribution in [3.8, 4) is 0 Å². The van der Waals surface area contributed by atoms with Crippen molar-refractivity contribution in [2.45, 2.75) is 57.1 Å². The lowest BCUT2D eigenvalue weighted by atomic mass is 9.96. The predicted molar refractivity (Wildman–Crippen MR) is 115 cm³/mol. The van der Waals surface area contributed by atoms with Crippen LogP contribution in [0.2, 0.25) is 0 Å². The summed E-state index contributed by atoms with van der Waals surface area (Å²) in [7, 11) is 0. The molecule has 2 aliphatic rings. The number of aliphatic imine (C=N–C) groups is 1. The molecule has 0 aliphatic carbocycles. The van der Waals surface area contributed by atoms with E-state index in [4.69, 9.17) is 11.6 Å². The Morgan fingerprint density at radius 1 is 1.59 bits per heavy atom. The number of carbonyl (C=O) groups excluding carboxylic acids is 1. The molecule has 29 heavy (non-hydrogen) atoms. The molecule has 1 fully saturated rings. The van der Waals surface area contributed by atoms with Gasteiger partial charge in [-0.15, -0.1) is 0 Å². The van der Waals surface area contributed by atoms with Crippen LogP contribution in [0.4, 0.5) is 4.39 Å². The quantitative estimate of drug-likeness (QED) is 0.333. The second kappa shape index (κ2) is 11.4. The molecule has 160 valence electrons. The molecule has 4 atom stereocenters. The number of aliphatic hydroxyl groups excluding tert-OH is 1. The predicted octanol–water partition coefficient (Wildman–Crippen LogP) is 2.77. The van der Waals surface area contributed by atoms with Crippen LogP contribution in [-0.2, 0) is 4.79 Å². The minimum Gasteiger partial charge on any atom is -0.378 e. The standard InChI is InChI=1S/C21H30ClFN4O2/c1-16(27-13-9-17(23)15-27)14-25-18(22)7-8-20(29)26-21(2)10-4-3-6-19(28)24-12-5-11-21/h3-7,10,12,14,16-17,20,26,29H,8-9,11,13,15H2,1-2H3,(H,24,28)/b6-3-,10-4+,12-5+,18-7-,25-14?/t16?,17?,20?,21-/m1/s1. The van der Waals surface area contributed by atoms with Crippen LogP contribution in [0.25, 0.3) is 0 Å². The van der Waals surface area contributed by atoms with Crippen LogP contribution in [0.3, 0.4) is 0 Å². The third-order valence-electron chi connectivity index (χ3n) is 4.87. The number of carbonyl (C=O) groups is 1. The number of alkyl halides is 1. The maximum atomic E-state index is 13.3. The first kappa shape index (κ1) is 23.5. The number of hydrogen-bond donors (Lipinski definition) is 3. The van der Waals surface area contributed by atoms with Crippen LogP contribution < -0.4 is 10.6 Å². The van der Waals surface area contributed by atoms with Crippen molar-refractivity contribution in [3.63, 3.8) is 0 Å². The van der Waals surface area contributed by atoms with Crippen molar-refractivity contribution in [2.75, 3.05) is 13.1 Å². The third kappa shape index (κ3) is 8.62. The fourth-order valence-electron chi connectivity index (χ4n) is 3.17. The van der Waals surface area contributed by atoms with E-state index >= 15 is 0 Å². The number of aliphatic hydroxyl groups is 1. The van der Waals surface area contributed by atoms with Crippen molar-refractivity contribution >= 4 is 23.7 Å². The molecule has 2 aliphatic heterocycles. The molecule has 3 N–H and O–H groups in total. The summed E-state index contributed by atoms with van der Waals surface area (Å²) < 4.78 is 13.3. The summed E-state index contributed by atoms with van der Waals surface area (Å²) in [4.78, 5) is 17.6. The van der Waals surface area contributed by atoms with Gasteiger partial charge in [0.25, 0.3) is 0 Å². The highest BCUT2D eigenvalue weighted by atomic mass is 35.5. The minimum absolute atomic E-state index is 0.00766. The van der Waals surface area contributed by atoms with Gasteiger partial charge in [-0.3, -0.25) is 15.0 Å². The largest absolute Gasteiger partial charge is 0.378 e.